The largest absolute Gasteiger partial charge is 0.338 e. The Bertz CT molecular complexity index is 384. The highest BCUT2D eigenvalue weighted by atomic mass is 16.2. The van der Waals surface area contributed by atoms with Crippen molar-refractivity contribution in [3.63, 3.8) is 0 Å². The van der Waals surface area contributed by atoms with E-state index in [1.807, 2.05) is 29.2 Å². The number of carbonyl (C=O) groups is 1. The van der Waals surface area contributed by atoms with Crippen molar-refractivity contribution in [2.45, 2.75) is 19.4 Å². The number of nitrogens with zero attached hydrogens (tertiary/aromatic N) is 1. The Morgan fingerprint density at radius 2 is 2.20 bits per heavy atom. The second-order valence-electron chi connectivity index (χ2n) is 3.82. The molecule has 0 atom stereocenters. The molecule has 0 unspecified atom stereocenters. The highest BCUT2D eigenvalue weighted by Crippen LogP contribution is 2.17. The third kappa shape index (κ3) is 2.09. The summed E-state index contributed by atoms with van der Waals surface area (Å²) in [6, 6.07) is 8.08. The van der Waals surface area contributed by atoms with Crippen LogP contribution >= 0.6 is 0 Å². The van der Waals surface area contributed by atoms with E-state index in [9.17, 15) is 4.79 Å². The van der Waals surface area contributed by atoms with Gasteiger partial charge in [0.25, 0.3) is 0 Å². The van der Waals surface area contributed by atoms with Gasteiger partial charge in [-0.15, -0.1) is 0 Å². The van der Waals surface area contributed by atoms with Crippen molar-refractivity contribution < 1.29 is 4.79 Å². The van der Waals surface area contributed by atoms with Gasteiger partial charge in [0.05, 0.1) is 0 Å². The molecule has 1 amide bonds. The molecular formula is C13H15NO. The molecule has 78 valence electrons. The minimum absolute atomic E-state index is 0.272. The average molecular weight is 201 g/mol. The van der Waals surface area contributed by atoms with Crippen LogP contribution in [0.3, 0.4) is 0 Å². The van der Waals surface area contributed by atoms with E-state index in [1.54, 1.807) is 0 Å². The predicted octanol–water partition coefficient (Wildman–Crippen LogP) is 2.45. The van der Waals surface area contributed by atoms with E-state index >= 15 is 0 Å². The van der Waals surface area contributed by atoms with Gasteiger partial charge in [-0.25, -0.2) is 0 Å². The maximum Gasteiger partial charge on any atom is 0.222 e. The first-order chi connectivity index (χ1) is 7.31. The lowest BCUT2D eigenvalue weighted by molar-refractivity contribution is -0.128. The van der Waals surface area contributed by atoms with E-state index in [-0.39, 0.29) is 5.91 Å². The molecule has 0 N–H and O–H groups in total. The fraction of sp³-hybridized carbons (Fsp3) is 0.308. The van der Waals surface area contributed by atoms with Crippen LogP contribution < -0.4 is 0 Å². The van der Waals surface area contributed by atoms with Crippen LogP contribution in [0.4, 0.5) is 0 Å². The summed E-state index contributed by atoms with van der Waals surface area (Å²) in [5.74, 6) is 0.272. The van der Waals surface area contributed by atoms with Crippen molar-refractivity contribution in [2.24, 2.45) is 0 Å². The Morgan fingerprint density at radius 3 is 2.87 bits per heavy atom. The van der Waals surface area contributed by atoms with Gasteiger partial charge in [0, 0.05) is 19.5 Å². The van der Waals surface area contributed by atoms with Gasteiger partial charge in [-0.05, 0) is 17.5 Å². The summed E-state index contributed by atoms with van der Waals surface area (Å²) < 4.78 is 0. The van der Waals surface area contributed by atoms with Crippen molar-refractivity contribution in [3.8, 4) is 0 Å². The summed E-state index contributed by atoms with van der Waals surface area (Å²) in [6.07, 6.45) is 3.54. The van der Waals surface area contributed by atoms with Crippen LogP contribution in [-0.2, 0) is 11.3 Å². The van der Waals surface area contributed by atoms with Crippen LogP contribution in [0, 0.1) is 0 Å². The molecule has 1 aliphatic rings. The topological polar surface area (TPSA) is 20.3 Å². The van der Waals surface area contributed by atoms with Crippen LogP contribution in [0.1, 0.15) is 24.0 Å². The van der Waals surface area contributed by atoms with Crippen LogP contribution in [-0.4, -0.2) is 17.4 Å². The van der Waals surface area contributed by atoms with Crippen LogP contribution in [0.25, 0.3) is 6.08 Å². The molecule has 2 nitrogen and oxygen atoms in total. The van der Waals surface area contributed by atoms with Gasteiger partial charge in [-0.2, -0.15) is 0 Å². The number of rotatable bonds is 3. The van der Waals surface area contributed by atoms with Gasteiger partial charge >= 0.3 is 0 Å². The first kappa shape index (κ1) is 9.97. The summed E-state index contributed by atoms with van der Waals surface area (Å²) >= 11 is 0. The molecule has 1 saturated heterocycles. The molecule has 2 rings (SSSR count). The lowest BCUT2D eigenvalue weighted by atomic mass is 10.1. The van der Waals surface area contributed by atoms with Gasteiger partial charge in [0.1, 0.15) is 0 Å². The van der Waals surface area contributed by atoms with E-state index in [0.29, 0.717) is 6.42 Å². The molecule has 1 aliphatic heterocycles. The van der Waals surface area contributed by atoms with Gasteiger partial charge in [-0.3, -0.25) is 4.79 Å². The van der Waals surface area contributed by atoms with E-state index in [0.717, 1.165) is 25.1 Å². The molecular weight excluding hydrogens is 186 g/mol. The lowest BCUT2D eigenvalue weighted by Gasteiger charge is -2.16. The minimum Gasteiger partial charge on any atom is -0.338 e. The lowest BCUT2D eigenvalue weighted by Crippen LogP contribution is -2.24. The standard InChI is InChI=1S/C13H15NO/c1-2-11-6-3-4-7-12(11)10-14-9-5-8-13(14)15/h2-4,6-7H,1,5,8-10H2. The van der Waals surface area contributed by atoms with Crippen molar-refractivity contribution >= 4 is 12.0 Å². The molecule has 0 spiro atoms. The summed E-state index contributed by atoms with van der Waals surface area (Å²) in [5.41, 5.74) is 2.31. The van der Waals surface area contributed by atoms with E-state index in [1.165, 1.54) is 5.56 Å². The average Bonchev–Trinajstić information content (AvgIpc) is 2.65. The van der Waals surface area contributed by atoms with Crippen LogP contribution in [0.2, 0.25) is 0 Å². The molecule has 2 heteroatoms. The normalized spacial score (nSPS) is 15.7. The van der Waals surface area contributed by atoms with E-state index in [4.69, 9.17) is 0 Å². The second-order valence-corrected chi connectivity index (χ2v) is 3.82. The van der Waals surface area contributed by atoms with Gasteiger partial charge in [-0.1, -0.05) is 36.9 Å². The van der Waals surface area contributed by atoms with Crippen molar-refractivity contribution in [2.75, 3.05) is 6.54 Å². The molecule has 1 fully saturated rings. The molecule has 0 saturated carbocycles. The maximum atomic E-state index is 11.5. The highest BCUT2D eigenvalue weighted by Gasteiger charge is 2.20. The SMILES string of the molecule is C=Cc1ccccc1CN1CCCC1=O. The Hall–Kier alpha value is -1.57. The Kier molecular flexibility index (Phi) is 2.86. The smallest absolute Gasteiger partial charge is 0.222 e. The Labute approximate surface area is 90.2 Å². The number of benzene rings is 1. The third-order valence-corrected chi connectivity index (χ3v) is 2.81. The zero-order valence-corrected chi connectivity index (χ0v) is 8.78. The Balaban J connectivity index is 2.16. The number of amides is 1. The van der Waals surface area contributed by atoms with Crippen LogP contribution in [0.15, 0.2) is 30.8 Å². The van der Waals surface area contributed by atoms with E-state index in [2.05, 4.69) is 12.6 Å². The molecule has 0 aromatic heterocycles. The first-order valence-electron chi connectivity index (χ1n) is 5.29. The summed E-state index contributed by atoms with van der Waals surface area (Å²) in [5, 5.41) is 0. The molecule has 0 radical (unpaired) electrons. The quantitative estimate of drug-likeness (QED) is 0.735. The second kappa shape index (κ2) is 4.30. The summed E-state index contributed by atoms with van der Waals surface area (Å²) in [4.78, 5) is 13.4. The summed E-state index contributed by atoms with van der Waals surface area (Å²) in [6.45, 7) is 5.40. The van der Waals surface area contributed by atoms with Crippen molar-refractivity contribution in [1.82, 2.24) is 4.90 Å². The monoisotopic (exact) mass is 201 g/mol. The zero-order valence-electron chi connectivity index (χ0n) is 8.78. The van der Waals surface area contributed by atoms with Gasteiger partial charge in [0.15, 0.2) is 0 Å². The highest BCUT2D eigenvalue weighted by molar-refractivity contribution is 5.78. The Morgan fingerprint density at radius 1 is 1.40 bits per heavy atom. The fourth-order valence-electron chi connectivity index (χ4n) is 1.95. The summed E-state index contributed by atoms with van der Waals surface area (Å²) in [7, 11) is 0. The van der Waals surface area contributed by atoms with Crippen molar-refractivity contribution in [1.29, 1.82) is 0 Å². The van der Waals surface area contributed by atoms with Crippen molar-refractivity contribution in [3.05, 3.63) is 42.0 Å². The van der Waals surface area contributed by atoms with E-state index < -0.39 is 0 Å². The number of carbonyl (C=O) groups excluding carboxylic acids is 1. The molecule has 1 aromatic carbocycles. The molecule has 0 aliphatic carbocycles. The predicted molar refractivity (Wildman–Crippen MR) is 61.2 cm³/mol. The molecule has 1 aromatic rings. The fourth-order valence-corrected chi connectivity index (χ4v) is 1.95. The number of hydrogen-bond acceptors (Lipinski definition) is 1. The maximum absolute atomic E-state index is 11.5. The zero-order chi connectivity index (χ0) is 10.7. The molecule has 0 bridgehead atoms. The minimum atomic E-state index is 0.272. The number of likely N-dealkylation sites (tertiary alicyclic amines) is 1. The molecule has 15 heavy (non-hydrogen) atoms. The number of hydrogen-bond donors (Lipinski definition) is 0. The third-order valence-electron chi connectivity index (χ3n) is 2.81. The van der Waals surface area contributed by atoms with Crippen LogP contribution in [0.5, 0.6) is 0 Å². The van der Waals surface area contributed by atoms with Gasteiger partial charge < -0.3 is 4.90 Å². The van der Waals surface area contributed by atoms with Gasteiger partial charge in [0.2, 0.25) is 5.91 Å². The first-order valence-corrected chi connectivity index (χ1v) is 5.29. The molecule has 1 heterocycles.